The molecular formula is As2O8Pb3. The summed E-state index contributed by atoms with van der Waals surface area (Å²) in [5.74, 6) is 0. The molecule has 0 aliphatic carbocycles. The summed E-state index contributed by atoms with van der Waals surface area (Å²) >= 11 is -12.7. The molecule has 13 heteroatoms. The van der Waals surface area contributed by atoms with Crippen molar-refractivity contribution in [3.05, 3.63) is 0 Å². The van der Waals surface area contributed by atoms with Crippen molar-refractivity contribution in [3.63, 3.8) is 0 Å². The van der Waals surface area contributed by atoms with Crippen LogP contribution in [0.2, 0.25) is 0 Å². The van der Waals surface area contributed by atoms with Crippen molar-refractivity contribution in [2.75, 3.05) is 0 Å². The molecule has 2 saturated heterocycles. The maximum absolute atomic E-state index is 11.1. The molecule has 70 valence electrons. The predicted octanol–water partition coefficient (Wildman–Crippen LogP) is -2.55. The van der Waals surface area contributed by atoms with E-state index in [4.69, 9.17) is 10.1 Å². The zero-order chi connectivity index (χ0) is 9.36. The van der Waals surface area contributed by atoms with Gasteiger partial charge in [-0.05, 0) is 0 Å². The van der Waals surface area contributed by atoms with E-state index >= 15 is 0 Å². The molecule has 0 unspecified atom stereocenters. The van der Waals surface area contributed by atoms with E-state index in [1.807, 2.05) is 0 Å². The average molecular weight is 899 g/mol. The molecule has 0 spiro atoms. The zero-order valence-electron chi connectivity index (χ0n) is 5.66. The topological polar surface area (TPSA) is 89.5 Å². The van der Waals surface area contributed by atoms with Crippen molar-refractivity contribution in [1.82, 2.24) is 0 Å². The number of hydrogen-bond donors (Lipinski definition) is 0. The Hall–Kier alpha value is 3.24. The van der Waals surface area contributed by atoms with Crippen LogP contribution in [0, 0.1) is 0 Å². The molecule has 13 heavy (non-hydrogen) atoms. The van der Waals surface area contributed by atoms with Crippen molar-refractivity contribution in [2.24, 2.45) is 0 Å². The Kier molecular flexibility index (Phi) is 5.14. The molecule has 2 aliphatic heterocycles. The maximum atomic E-state index is 11.1. The SMILES string of the molecule is O=[As]1([O][Pb][O][As]2(=O)[O][Pb][O]2)[O][Pb][O]1. The molecule has 0 atom stereocenters. The predicted molar refractivity (Wildman–Crippen MR) is 36.7 cm³/mol. The Labute approximate surface area is 119 Å². The van der Waals surface area contributed by atoms with E-state index in [1.54, 1.807) is 0 Å². The van der Waals surface area contributed by atoms with E-state index in [2.05, 4.69) is 0 Å². The standard InChI is InChI=1S/2AsH3O4.3Pb/c2*2-1(3,4)5;;;/h2*(H3,2,3,4,5);;;/q;;3*+2/p-6. The van der Waals surface area contributed by atoms with E-state index in [-0.39, 0.29) is 0 Å². The zero-order valence-corrected chi connectivity index (χ0v) is 21.1. The van der Waals surface area contributed by atoms with Crippen molar-refractivity contribution in [3.8, 4) is 0 Å². The summed E-state index contributed by atoms with van der Waals surface area (Å²) in [5.41, 5.74) is 0. The van der Waals surface area contributed by atoms with Gasteiger partial charge in [-0.1, -0.05) is 0 Å². The van der Waals surface area contributed by atoms with Crippen LogP contribution in [-0.4, -0.2) is 104 Å². The van der Waals surface area contributed by atoms with Gasteiger partial charge < -0.3 is 0 Å². The minimum absolute atomic E-state index is 1.47. The fourth-order valence-corrected chi connectivity index (χ4v) is 46.9. The monoisotopic (exact) mass is 902 g/mol. The van der Waals surface area contributed by atoms with Crippen molar-refractivity contribution in [2.45, 2.75) is 0 Å². The molecule has 2 heterocycles. The van der Waals surface area contributed by atoms with Gasteiger partial charge in [-0.25, -0.2) is 0 Å². The van der Waals surface area contributed by atoms with Crippen LogP contribution in [0.25, 0.3) is 0 Å². The Morgan fingerprint density at radius 1 is 0.923 bits per heavy atom. The van der Waals surface area contributed by atoms with E-state index < -0.39 is 104 Å². The van der Waals surface area contributed by atoms with Gasteiger partial charge in [-0.3, -0.25) is 0 Å². The summed E-state index contributed by atoms with van der Waals surface area (Å²) in [6, 6.07) is 0. The molecule has 2 aliphatic rings. The van der Waals surface area contributed by atoms with Crippen LogP contribution in [0.4, 0.5) is 0 Å². The number of hydrogen-bond acceptors (Lipinski definition) is 8. The Bertz CT molecular complexity index is 243. The molecule has 0 aromatic carbocycles. The molecule has 0 aromatic rings. The second kappa shape index (κ2) is 5.26. The molecular weight excluding hydrogens is 899 g/mol. The van der Waals surface area contributed by atoms with Gasteiger partial charge in [-0.15, -0.1) is 0 Å². The molecule has 0 amide bonds. The van der Waals surface area contributed by atoms with Gasteiger partial charge in [0.15, 0.2) is 0 Å². The van der Waals surface area contributed by atoms with Crippen LogP contribution in [-0.2, 0) is 17.5 Å². The van der Waals surface area contributed by atoms with Gasteiger partial charge in [0.2, 0.25) is 0 Å². The third-order valence-corrected chi connectivity index (χ3v) is 40.8. The second-order valence-electron chi connectivity index (χ2n) is 1.69. The molecule has 0 bridgehead atoms. The third kappa shape index (κ3) is 3.60. The van der Waals surface area contributed by atoms with Crippen LogP contribution in [0.5, 0.6) is 0 Å². The molecule has 0 N–H and O–H groups in total. The first-order valence-electron chi connectivity index (χ1n) is 2.69. The van der Waals surface area contributed by atoms with Crippen LogP contribution in [0.3, 0.4) is 0 Å². The van der Waals surface area contributed by atoms with Crippen LogP contribution < -0.4 is 0 Å². The summed E-state index contributed by atoms with van der Waals surface area (Å²) in [7, 11) is 0. The normalized spacial score (nSPS) is 28.9. The first-order chi connectivity index (χ1) is 6.12. The number of rotatable bonds is 4. The van der Waals surface area contributed by atoms with Gasteiger partial charge in [0.05, 0.1) is 0 Å². The van der Waals surface area contributed by atoms with Gasteiger partial charge in [0.1, 0.15) is 0 Å². The molecule has 2 fully saturated rings. The summed E-state index contributed by atoms with van der Waals surface area (Å²) in [5, 5.41) is 0. The summed E-state index contributed by atoms with van der Waals surface area (Å²) in [4.78, 5) is 0. The van der Waals surface area contributed by atoms with E-state index in [1.165, 1.54) is 0 Å². The van der Waals surface area contributed by atoms with E-state index in [0.717, 1.165) is 0 Å². The van der Waals surface area contributed by atoms with E-state index in [9.17, 15) is 7.48 Å². The van der Waals surface area contributed by atoms with Crippen molar-refractivity contribution in [1.29, 1.82) is 0 Å². The van der Waals surface area contributed by atoms with Crippen LogP contribution >= 0.6 is 0 Å². The van der Waals surface area contributed by atoms with Crippen molar-refractivity contribution >= 4 is 104 Å². The molecule has 0 aromatic heterocycles. The Balaban J connectivity index is 1.69. The first-order valence-corrected chi connectivity index (χ1v) is 18.3. The van der Waals surface area contributed by atoms with Crippen LogP contribution in [0.15, 0.2) is 0 Å². The quantitative estimate of drug-likeness (QED) is 0.286. The average Bonchev–Trinajstić information content (AvgIpc) is 1.98. The van der Waals surface area contributed by atoms with Crippen LogP contribution in [0.1, 0.15) is 0 Å². The fraction of sp³-hybridized carbons (Fsp3) is 0. The summed E-state index contributed by atoms with van der Waals surface area (Å²) in [6.45, 7) is 0. The summed E-state index contributed by atoms with van der Waals surface area (Å²) in [6.07, 6.45) is 0. The molecule has 8 nitrogen and oxygen atoms in total. The Morgan fingerprint density at radius 3 is 1.54 bits per heavy atom. The third-order valence-electron chi connectivity index (χ3n) is 0.894. The van der Waals surface area contributed by atoms with E-state index in [0.29, 0.717) is 0 Å². The minimum atomic E-state index is -3.81. The summed E-state index contributed by atoms with van der Waals surface area (Å²) < 4.78 is 51.0. The first kappa shape index (κ1) is 12.7. The second-order valence-corrected chi connectivity index (χ2v) is 31.8. The molecule has 2 rings (SSSR count). The fourth-order valence-electron chi connectivity index (χ4n) is 0.379. The van der Waals surface area contributed by atoms with Gasteiger partial charge in [0, 0.05) is 0 Å². The molecule has 0 saturated carbocycles. The van der Waals surface area contributed by atoms with Gasteiger partial charge in [0.25, 0.3) is 0 Å². The molecule has 6 radical (unpaired) electrons. The van der Waals surface area contributed by atoms with Crippen molar-refractivity contribution < 1.29 is 17.5 Å². The Morgan fingerprint density at radius 2 is 1.31 bits per heavy atom. The van der Waals surface area contributed by atoms with Gasteiger partial charge >= 0.3 is 122 Å². The van der Waals surface area contributed by atoms with Gasteiger partial charge in [-0.2, -0.15) is 0 Å².